The maximum atomic E-state index is 2.40. The smallest absolute Gasteiger partial charge is 0.0135 e. The fourth-order valence-corrected chi connectivity index (χ4v) is 2.78. The van der Waals surface area contributed by atoms with Gasteiger partial charge in [-0.15, -0.1) is 0 Å². The van der Waals surface area contributed by atoms with Gasteiger partial charge in [-0.3, -0.25) is 0 Å². The molecule has 0 aromatic carbocycles. The fraction of sp³-hybridized carbons (Fsp3) is 0.667. The van der Waals surface area contributed by atoms with Crippen LogP contribution in [0.2, 0.25) is 0 Å². The van der Waals surface area contributed by atoms with Gasteiger partial charge >= 0.3 is 0 Å². The minimum absolute atomic E-state index is 0.569. The zero-order chi connectivity index (χ0) is 8.77. The molecular weight excluding hydrogens is 144 g/mol. The second kappa shape index (κ2) is 2.48. The van der Waals surface area contributed by atoms with Gasteiger partial charge in [0.25, 0.3) is 0 Å². The average molecular weight is 162 g/mol. The molecule has 0 amide bonds. The van der Waals surface area contributed by atoms with Crippen LogP contribution in [0.15, 0.2) is 23.8 Å². The minimum Gasteiger partial charge on any atom is -0.0808 e. The van der Waals surface area contributed by atoms with Crippen molar-refractivity contribution in [3.63, 3.8) is 0 Å². The number of rotatable bonds is 0. The first-order valence-electron chi connectivity index (χ1n) is 4.93. The highest BCUT2D eigenvalue weighted by Gasteiger charge is 2.38. The van der Waals surface area contributed by atoms with Crippen LogP contribution in [0.3, 0.4) is 0 Å². The Morgan fingerprint density at radius 1 is 1.33 bits per heavy atom. The maximum absolute atomic E-state index is 2.40. The molecule has 0 radical (unpaired) electrons. The van der Waals surface area contributed by atoms with Crippen molar-refractivity contribution in [2.45, 2.75) is 33.6 Å². The van der Waals surface area contributed by atoms with Crippen molar-refractivity contribution in [1.82, 2.24) is 0 Å². The Kier molecular flexibility index (Phi) is 1.67. The minimum atomic E-state index is 0.569. The van der Waals surface area contributed by atoms with E-state index < -0.39 is 0 Å². The van der Waals surface area contributed by atoms with Crippen LogP contribution in [0.5, 0.6) is 0 Å². The molecule has 0 heterocycles. The van der Waals surface area contributed by atoms with E-state index in [2.05, 4.69) is 39.0 Å². The Morgan fingerprint density at radius 3 is 2.75 bits per heavy atom. The molecule has 2 rings (SSSR count). The van der Waals surface area contributed by atoms with Crippen LogP contribution in [0.4, 0.5) is 0 Å². The predicted molar refractivity (Wildman–Crippen MR) is 52.9 cm³/mol. The molecule has 2 aliphatic carbocycles. The number of hydrogen-bond donors (Lipinski definition) is 0. The average Bonchev–Trinajstić information content (AvgIpc) is 2.25. The normalized spacial score (nSPS) is 37.8. The van der Waals surface area contributed by atoms with Crippen molar-refractivity contribution in [1.29, 1.82) is 0 Å². The third kappa shape index (κ3) is 1.24. The van der Waals surface area contributed by atoms with Gasteiger partial charge in [0, 0.05) is 0 Å². The second-order valence-electron chi connectivity index (χ2n) is 5.14. The third-order valence-electron chi connectivity index (χ3n) is 3.38. The standard InChI is InChI=1S/C12H18/c1-9-5-4-6-10-7-12(2,3)8-11(9)10/h4-6,10-11H,7-8H2,1-3H3. The summed E-state index contributed by atoms with van der Waals surface area (Å²) in [5.41, 5.74) is 2.16. The van der Waals surface area contributed by atoms with E-state index in [9.17, 15) is 0 Å². The summed E-state index contributed by atoms with van der Waals surface area (Å²) in [6, 6.07) is 0. The molecule has 0 N–H and O–H groups in total. The van der Waals surface area contributed by atoms with Gasteiger partial charge in [-0.25, -0.2) is 0 Å². The van der Waals surface area contributed by atoms with E-state index in [1.807, 2.05) is 0 Å². The quantitative estimate of drug-likeness (QED) is 0.511. The van der Waals surface area contributed by atoms with E-state index in [1.54, 1.807) is 5.57 Å². The van der Waals surface area contributed by atoms with Crippen molar-refractivity contribution in [3.8, 4) is 0 Å². The van der Waals surface area contributed by atoms with Crippen molar-refractivity contribution in [2.75, 3.05) is 0 Å². The highest BCUT2D eigenvalue weighted by molar-refractivity contribution is 5.24. The lowest BCUT2D eigenvalue weighted by Gasteiger charge is -2.20. The van der Waals surface area contributed by atoms with Gasteiger partial charge < -0.3 is 0 Å². The second-order valence-corrected chi connectivity index (χ2v) is 5.14. The van der Waals surface area contributed by atoms with Crippen molar-refractivity contribution < 1.29 is 0 Å². The largest absolute Gasteiger partial charge is 0.0808 e. The third-order valence-corrected chi connectivity index (χ3v) is 3.38. The van der Waals surface area contributed by atoms with Crippen molar-refractivity contribution >= 4 is 0 Å². The van der Waals surface area contributed by atoms with Crippen LogP contribution in [0.25, 0.3) is 0 Å². The molecule has 2 aliphatic rings. The number of allylic oxidation sites excluding steroid dienone is 4. The maximum Gasteiger partial charge on any atom is -0.0135 e. The van der Waals surface area contributed by atoms with E-state index in [4.69, 9.17) is 0 Å². The molecule has 0 nitrogen and oxygen atoms in total. The highest BCUT2D eigenvalue weighted by atomic mass is 14.4. The summed E-state index contributed by atoms with van der Waals surface area (Å²) in [6.45, 7) is 7.07. The van der Waals surface area contributed by atoms with Gasteiger partial charge in [0.15, 0.2) is 0 Å². The summed E-state index contributed by atoms with van der Waals surface area (Å²) >= 11 is 0. The molecule has 0 aliphatic heterocycles. The molecule has 0 aromatic heterocycles. The molecule has 12 heavy (non-hydrogen) atoms. The first kappa shape index (κ1) is 8.10. The van der Waals surface area contributed by atoms with Crippen molar-refractivity contribution in [3.05, 3.63) is 23.8 Å². The van der Waals surface area contributed by atoms with Crippen LogP contribution in [-0.2, 0) is 0 Å². The van der Waals surface area contributed by atoms with Gasteiger partial charge in [-0.05, 0) is 37.0 Å². The Hall–Kier alpha value is -0.520. The van der Waals surface area contributed by atoms with E-state index in [0.29, 0.717) is 5.41 Å². The first-order chi connectivity index (χ1) is 5.58. The Balaban J connectivity index is 2.24. The van der Waals surface area contributed by atoms with Crippen LogP contribution in [0, 0.1) is 17.3 Å². The van der Waals surface area contributed by atoms with Gasteiger partial charge in [0.05, 0.1) is 0 Å². The monoisotopic (exact) mass is 162 g/mol. The summed E-state index contributed by atoms with van der Waals surface area (Å²) in [5.74, 6) is 1.69. The van der Waals surface area contributed by atoms with Crippen LogP contribution in [0.1, 0.15) is 33.6 Å². The SMILES string of the molecule is CC1=CC=CC2CC(C)(C)CC12. The predicted octanol–water partition coefficient (Wildman–Crippen LogP) is 3.55. The van der Waals surface area contributed by atoms with Gasteiger partial charge in [0.1, 0.15) is 0 Å². The topological polar surface area (TPSA) is 0 Å². The lowest BCUT2D eigenvalue weighted by molar-refractivity contribution is 0.367. The molecule has 1 fully saturated rings. The lowest BCUT2D eigenvalue weighted by atomic mass is 9.85. The van der Waals surface area contributed by atoms with E-state index >= 15 is 0 Å². The highest BCUT2D eigenvalue weighted by Crippen LogP contribution is 2.49. The Labute approximate surface area is 75.4 Å². The zero-order valence-electron chi connectivity index (χ0n) is 8.30. The Morgan fingerprint density at radius 2 is 2.08 bits per heavy atom. The first-order valence-corrected chi connectivity index (χ1v) is 4.93. The Bertz CT molecular complexity index is 243. The fourth-order valence-electron chi connectivity index (χ4n) is 2.78. The molecule has 2 unspecified atom stereocenters. The summed E-state index contributed by atoms with van der Waals surface area (Å²) < 4.78 is 0. The van der Waals surface area contributed by atoms with Crippen LogP contribution >= 0.6 is 0 Å². The van der Waals surface area contributed by atoms with Crippen LogP contribution < -0.4 is 0 Å². The van der Waals surface area contributed by atoms with Crippen LogP contribution in [-0.4, -0.2) is 0 Å². The van der Waals surface area contributed by atoms with E-state index in [-0.39, 0.29) is 0 Å². The van der Waals surface area contributed by atoms with Gasteiger partial charge in [-0.1, -0.05) is 37.6 Å². The number of hydrogen-bond acceptors (Lipinski definition) is 0. The molecule has 0 saturated heterocycles. The summed E-state index contributed by atoms with van der Waals surface area (Å²) in [5, 5.41) is 0. The molecule has 0 aromatic rings. The van der Waals surface area contributed by atoms with E-state index in [0.717, 1.165) is 11.8 Å². The van der Waals surface area contributed by atoms with E-state index in [1.165, 1.54) is 12.8 Å². The number of fused-ring (bicyclic) bond motifs is 1. The molecule has 66 valence electrons. The summed E-state index contributed by atoms with van der Waals surface area (Å²) in [7, 11) is 0. The van der Waals surface area contributed by atoms with Crippen molar-refractivity contribution in [2.24, 2.45) is 17.3 Å². The lowest BCUT2D eigenvalue weighted by Crippen LogP contribution is -2.09. The molecular formula is C12H18. The molecule has 1 saturated carbocycles. The zero-order valence-corrected chi connectivity index (χ0v) is 8.30. The summed E-state index contributed by atoms with van der Waals surface area (Å²) in [4.78, 5) is 0. The molecule has 0 bridgehead atoms. The molecule has 2 atom stereocenters. The van der Waals surface area contributed by atoms with Gasteiger partial charge in [-0.2, -0.15) is 0 Å². The van der Waals surface area contributed by atoms with Gasteiger partial charge in [0.2, 0.25) is 0 Å². The summed E-state index contributed by atoms with van der Waals surface area (Å²) in [6.07, 6.45) is 9.66. The molecule has 0 heteroatoms. The molecule has 0 spiro atoms.